The number of guanidine groups is 1. The van der Waals surface area contributed by atoms with Gasteiger partial charge in [0.15, 0.2) is 5.96 Å². The summed E-state index contributed by atoms with van der Waals surface area (Å²) in [5, 5.41) is 5.83. The van der Waals surface area contributed by atoms with E-state index in [4.69, 9.17) is 4.74 Å². The molecule has 1 amide bonds. The molecule has 0 fully saturated rings. The fraction of sp³-hybridized carbons (Fsp3) is 0.800. The molecule has 1 rings (SSSR count). The Kier molecular flexibility index (Phi) is 4.55. The molecule has 0 saturated carbocycles. The Morgan fingerprint density at radius 2 is 2.33 bits per heavy atom. The summed E-state index contributed by atoms with van der Waals surface area (Å²) in [5.74, 6) is 1.09. The van der Waals surface area contributed by atoms with Crippen LogP contribution in [0, 0.1) is 5.92 Å². The summed E-state index contributed by atoms with van der Waals surface area (Å²) >= 11 is 0. The second-order valence-electron chi connectivity index (χ2n) is 4.14. The van der Waals surface area contributed by atoms with Crippen LogP contribution in [-0.2, 0) is 9.53 Å². The minimum Gasteiger partial charge on any atom is -0.383 e. The molecule has 0 radical (unpaired) electrons. The highest BCUT2D eigenvalue weighted by atomic mass is 16.5. The zero-order chi connectivity index (χ0) is 11.3. The first-order valence-electron chi connectivity index (χ1n) is 5.21. The van der Waals surface area contributed by atoms with Gasteiger partial charge in [0.05, 0.1) is 12.6 Å². The normalized spacial score (nSPS) is 17.6. The Hall–Kier alpha value is -1.10. The molecule has 1 aliphatic heterocycles. The Morgan fingerprint density at radius 1 is 1.60 bits per heavy atom. The van der Waals surface area contributed by atoms with Gasteiger partial charge in [0.1, 0.15) is 6.54 Å². The predicted molar refractivity (Wildman–Crippen MR) is 58.7 cm³/mol. The monoisotopic (exact) mass is 213 g/mol. The van der Waals surface area contributed by atoms with E-state index in [1.165, 1.54) is 0 Å². The molecule has 0 aromatic heterocycles. The van der Waals surface area contributed by atoms with Crippen LogP contribution in [-0.4, -0.2) is 38.2 Å². The average Bonchev–Trinajstić information content (AvgIpc) is 2.50. The van der Waals surface area contributed by atoms with Crippen LogP contribution in [0.1, 0.15) is 20.3 Å². The lowest BCUT2D eigenvalue weighted by Crippen LogP contribution is -2.45. The first kappa shape index (κ1) is 12.0. The fourth-order valence-corrected chi connectivity index (χ4v) is 1.58. The molecule has 0 aromatic carbocycles. The van der Waals surface area contributed by atoms with Crippen molar-refractivity contribution in [3.8, 4) is 0 Å². The topological polar surface area (TPSA) is 62.7 Å². The molecule has 2 N–H and O–H groups in total. The largest absolute Gasteiger partial charge is 0.383 e. The summed E-state index contributed by atoms with van der Waals surface area (Å²) in [6.07, 6.45) is 0.989. The van der Waals surface area contributed by atoms with E-state index in [-0.39, 0.29) is 18.5 Å². The number of hydrogen-bond donors (Lipinski definition) is 2. The number of aliphatic imine (C=N–C) groups is 1. The summed E-state index contributed by atoms with van der Waals surface area (Å²) < 4.78 is 5.11. The van der Waals surface area contributed by atoms with Crippen LogP contribution >= 0.6 is 0 Å². The maximum absolute atomic E-state index is 10.9. The molecule has 0 aliphatic carbocycles. The predicted octanol–water partition coefficient (Wildman–Crippen LogP) is 0.123. The molecule has 0 spiro atoms. The van der Waals surface area contributed by atoms with E-state index in [2.05, 4.69) is 29.5 Å². The summed E-state index contributed by atoms with van der Waals surface area (Å²) in [6, 6.07) is 0.201. The van der Waals surface area contributed by atoms with E-state index in [9.17, 15) is 4.79 Å². The maximum atomic E-state index is 10.9. The number of carbonyl (C=O) groups is 1. The highest BCUT2D eigenvalue weighted by Crippen LogP contribution is 2.05. The van der Waals surface area contributed by atoms with Crippen LogP contribution in [0.2, 0.25) is 0 Å². The van der Waals surface area contributed by atoms with Crippen molar-refractivity contribution in [2.24, 2.45) is 10.9 Å². The second-order valence-corrected chi connectivity index (χ2v) is 4.14. The summed E-state index contributed by atoms with van der Waals surface area (Å²) in [6.45, 7) is 5.15. The van der Waals surface area contributed by atoms with E-state index < -0.39 is 0 Å². The number of carbonyl (C=O) groups excluding carboxylic acids is 1. The number of nitrogens with one attached hydrogen (secondary N) is 2. The van der Waals surface area contributed by atoms with Crippen LogP contribution in [0.15, 0.2) is 4.99 Å². The minimum atomic E-state index is -0.0572. The quantitative estimate of drug-likeness (QED) is 0.682. The number of hydrogen-bond acceptors (Lipinski definition) is 4. The molecule has 0 aromatic rings. The van der Waals surface area contributed by atoms with Crippen LogP contribution in [0.25, 0.3) is 0 Å². The molecule has 5 nitrogen and oxygen atoms in total. The average molecular weight is 213 g/mol. The Balaban J connectivity index is 2.40. The summed E-state index contributed by atoms with van der Waals surface area (Å²) in [5.41, 5.74) is 0. The van der Waals surface area contributed by atoms with Gasteiger partial charge in [-0.3, -0.25) is 10.1 Å². The van der Waals surface area contributed by atoms with Crippen molar-refractivity contribution >= 4 is 11.9 Å². The fourth-order valence-electron chi connectivity index (χ4n) is 1.58. The highest BCUT2D eigenvalue weighted by Gasteiger charge is 2.17. The van der Waals surface area contributed by atoms with E-state index in [1.807, 2.05) is 0 Å². The Labute approximate surface area is 90.3 Å². The first-order chi connectivity index (χ1) is 7.11. The first-order valence-corrected chi connectivity index (χ1v) is 5.21. The third-order valence-corrected chi connectivity index (χ3v) is 2.10. The third-order valence-electron chi connectivity index (χ3n) is 2.10. The Bertz CT molecular complexity index is 251. The van der Waals surface area contributed by atoms with E-state index in [1.54, 1.807) is 7.11 Å². The van der Waals surface area contributed by atoms with Crippen LogP contribution in [0.5, 0.6) is 0 Å². The van der Waals surface area contributed by atoms with Crippen molar-refractivity contribution in [2.45, 2.75) is 26.3 Å². The maximum Gasteiger partial charge on any atom is 0.248 e. The van der Waals surface area contributed by atoms with Gasteiger partial charge < -0.3 is 10.1 Å². The minimum absolute atomic E-state index is 0.0572. The van der Waals surface area contributed by atoms with Gasteiger partial charge in [-0.2, -0.15) is 0 Å². The van der Waals surface area contributed by atoms with Gasteiger partial charge in [0.25, 0.3) is 0 Å². The van der Waals surface area contributed by atoms with Crippen molar-refractivity contribution in [3.05, 3.63) is 0 Å². The highest BCUT2D eigenvalue weighted by molar-refractivity contribution is 6.02. The number of rotatable bonds is 5. The molecular weight excluding hydrogens is 194 g/mol. The van der Waals surface area contributed by atoms with Crippen molar-refractivity contribution in [3.63, 3.8) is 0 Å². The molecular formula is C10H19N3O2. The molecule has 86 valence electrons. The smallest absolute Gasteiger partial charge is 0.248 e. The van der Waals surface area contributed by atoms with Crippen molar-refractivity contribution in [2.75, 3.05) is 20.3 Å². The van der Waals surface area contributed by atoms with E-state index >= 15 is 0 Å². The van der Waals surface area contributed by atoms with Gasteiger partial charge in [-0.25, -0.2) is 4.99 Å². The SMILES string of the molecule is COCC(CC(C)C)NC1=NCC(=O)N1. The zero-order valence-electron chi connectivity index (χ0n) is 9.54. The third kappa shape index (κ3) is 4.29. The van der Waals surface area contributed by atoms with Crippen molar-refractivity contribution in [1.82, 2.24) is 10.6 Å². The molecule has 1 heterocycles. The lowest BCUT2D eigenvalue weighted by Gasteiger charge is -2.20. The lowest BCUT2D eigenvalue weighted by atomic mass is 10.0. The van der Waals surface area contributed by atoms with Gasteiger partial charge in [-0.15, -0.1) is 0 Å². The molecule has 15 heavy (non-hydrogen) atoms. The number of ether oxygens (including phenoxy) is 1. The Morgan fingerprint density at radius 3 is 2.80 bits per heavy atom. The van der Waals surface area contributed by atoms with Crippen LogP contribution in [0.3, 0.4) is 0 Å². The van der Waals surface area contributed by atoms with Crippen molar-refractivity contribution in [1.29, 1.82) is 0 Å². The second kappa shape index (κ2) is 5.70. The van der Waals surface area contributed by atoms with Gasteiger partial charge in [0.2, 0.25) is 5.91 Å². The molecule has 1 unspecified atom stereocenters. The van der Waals surface area contributed by atoms with Gasteiger partial charge in [-0.05, 0) is 12.3 Å². The summed E-state index contributed by atoms with van der Waals surface area (Å²) in [7, 11) is 1.67. The van der Waals surface area contributed by atoms with Gasteiger partial charge in [0, 0.05) is 7.11 Å². The molecule has 0 bridgehead atoms. The zero-order valence-corrected chi connectivity index (χ0v) is 9.54. The molecule has 0 saturated heterocycles. The molecule has 5 heteroatoms. The number of amides is 1. The van der Waals surface area contributed by atoms with Crippen LogP contribution < -0.4 is 10.6 Å². The van der Waals surface area contributed by atoms with E-state index in [0.717, 1.165) is 6.42 Å². The molecule has 1 atom stereocenters. The van der Waals surface area contributed by atoms with Crippen LogP contribution in [0.4, 0.5) is 0 Å². The summed E-state index contributed by atoms with van der Waals surface area (Å²) in [4.78, 5) is 15.0. The lowest BCUT2D eigenvalue weighted by molar-refractivity contribution is -0.117. The van der Waals surface area contributed by atoms with E-state index in [0.29, 0.717) is 18.5 Å². The van der Waals surface area contributed by atoms with Gasteiger partial charge in [-0.1, -0.05) is 13.8 Å². The van der Waals surface area contributed by atoms with Crippen molar-refractivity contribution < 1.29 is 9.53 Å². The number of nitrogens with zero attached hydrogens (tertiary/aromatic N) is 1. The molecule has 1 aliphatic rings. The standard InChI is InChI=1S/C10H19N3O2/c1-7(2)4-8(6-15-3)12-10-11-5-9(14)13-10/h7-8H,4-6H2,1-3H3,(H2,11,12,13,14). The number of methoxy groups -OCH3 is 1. The van der Waals surface area contributed by atoms with Gasteiger partial charge >= 0.3 is 0 Å².